The highest BCUT2D eigenvalue weighted by Crippen LogP contribution is 2.40. The van der Waals surface area contributed by atoms with E-state index in [1.54, 1.807) is 6.08 Å². The standard InChI is InChI=1S/C19H25IO/c1-15(12-14-21)7-5-9-17(20)10-11-18-16(2)8-6-13-19(18,3)4/h5,7,9-12,14H,6,8,13H2,1-4H3/b7-5+,11-10+,15-12+,17-9-. The summed E-state index contributed by atoms with van der Waals surface area (Å²) in [6, 6.07) is 0. The molecule has 0 radical (unpaired) electrons. The van der Waals surface area contributed by atoms with Gasteiger partial charge in [0.2, 0.25) is 0 Å². The van der Waals surface area contributed by atoms with E-state index in [1.807, 2.05) is 19.1 Å². The molecule has 0 spiro atoms. The van der Waals surface area contributed by atoms with Crippen LogP contribution in [0.15, 0.2) is 56.8 Å². The number of rotatable bonds is 5. The number of allylic oxidation sites excluding steroid dienone is 10. The SMILES string of the molecule is CC1=C(/C=C/C(I)=C/C=C/C(C)=C/C=O)C(C)(C)CCC1. The monoisotopic (exact) mass is 396 g/mol. The highest BCUT2D eigenvalue weighted by atomic mass is 127. The Labute approximate surface area is 142 Å². The fraction of sp³-hybridized carbons (Fsp3) is 0.421. The van der Waals surface area contributed by atoms with Crippen molar-refractivity contribution in [2.75, 3.05) is 0 Å². The zero-order valence-corrected chi connectivity index (χ0v) is 15.6. The molecule has 0 aromatic carbocycles. The summed E-state index contributed by atoms with van der Waals surface area (Å²) in [4.78, 5) is 10.3. The predicted octanol–water partition coefficient (Wildman–Crippen LogP) is 6.09. The van der Waals surface area contributed by atoms with E-state index in [2.05, 4.69) is 61.6 Å². The van der Waals surface area contributed by atoms with Gasteiger partial charge in [-0.1, -0.05) is 37.6 Å². The summed E-state index contributed by atoms with van der Waals surface area (Å²) in [6.45, 7) is 8.84. The number of aldehydes is 1. The van der Waals surface area contributed by atoms with E-state index < -0.39 is 0 Å². The smallest absolute Gasteiger partial charge is 0.143 e. The normalized spacial score (nSPS) is 20.6. The molecule has 0 saturated heterocycles. The highest BCUT2D eigenvalue weighted by molar-refractivity contribution is 14.1. The van der Waals surface area contributed by atoms with Crippen molar-refractivity contribution in [2.45, 2.75) is 47.0 Å². The average molecular weight is 396 g/mol. The molecule has 0 aromatic heterocycles. The molecule has 114 valence electrons. The van der Waals surface area contributed by atoms with E-state index in [0.717, 1.165) is 11.9 Å². The number of carbonyl (C=O) groups excluding carboxylic acids is 1. The van der Waals surface area contributed by atoms with Crippen LogP contribution in [0.5, 0.6) is 0 Å². The molecule has 0 heterocycles. The second-order valence-corrected chi connectivity index (χ2v) is 7.47. The number of hydrogen-bond donors (Lipinski definition) is 0. The fourth-order valence-electron chi connectivity index (χ4n) is 2.68. The molecule has 0 amide bonds. The average Bonchev–Trinajstić information content (AvgIpc) is 2.37. The molecular formula is C19H25IO. The lowest BCUT2D eigenvalue weighted by Crippen LogP contribution is -2.18. The van der Waals surface area contributed by atoms with Crippen LogP contribution in [-0.2, 0) is 4.79 Å². The summed E-state index contributed by atoms with van der Waals surface area (Å²) in [5.41, 5.74) is 4.25. The van der Waals surface area contributed by atoms with Gasteiger partial charge in [-0.2, -0.15) is 0 Å². The van der Waals surface area contributed by atoms with Crippen LogP contribution in [0, 0.1) is 5.41 Å². The van der Waals surface area contributed by atoms with E-state index in [1.165, 1.54) is 34.0 Å². The summed E-state index contributed by atoms with van der Waals surface area (Å²) < 4.78 is 1.18. The first-order valence-corrected chi connectivity index (χ1v) is 8.49. The van der Waals surface area contributed by atoms with Crippen molar-refractivity contribution in [3.63, 3.8) is 0 Å². The van der Waals surface area contributed by atoms with Gasteiger partial charge >= 0.3 is 0 Å². The van der Waals surface area contributed by atoms with Crippen molar-refractivity contribution in [1.82, 2.24) is 0 Å². The van der Waals surface area contributed by atoms with Gasteiger partial charge in [0.25, 0.3) is 0 Å². The van der Waals surface area contributed by atoms with Gasteiger partial charge in [0, 0.05) is 3.58 Å². The second-order valence-electron chi connectivity index (χ2n) is 6.22. The maximum absolute atomic E-state index is 10.3. The van der Waals surface area contributed by atoms with Crippen LogP contribution in [0.4, 0.5) is 0 Å². The quantitative estimate of drug-likeness (QED) is 0.238. The van der Waals surface area contributed by atoms with E-state index in [0.29, 0.717) is 0 Å². The Morgan fingerprint density at radius 1 is 1.24 bits per heavy atom. The van der Waals surface area contributed by atoms with Crippen LogP contribution < -0.4 is 0 Å². The van der Waals surface area contributed by atoms with Crippen LogP contribution in [-0.4, -0.2) is 6.29 Å². The fourth-order valence-corrected chi connectivity index (χ4v) is 3.07. The molecule has 2 heteroatoms. The Bertz CT molecular complexity index is 528. The van der Waals surface area contributed by atoms with Crippen LogP contribution in [0.3, 0.4) is 0 Å². The van der Waals surface area contributed by atoms with Gasteiger partial charge in [0.1, 0.15) is 6.29 Å². The molecule has 0 saturated carbocycles. The minimum atomic E-state index is 0.287. The number of halogens is 1. The van der Waals surface area contributed by atoms with Crippen LogP contribution >= 0.6 is 22.6 Å². The molecule has 0 bridgehead atoms. The molecule has 21 heavy (non-hydrogen) atoms. The zero-order chi connectivity index (χ0) is 15.9. The first-order chi connectivity index (χ1) is 9.86. The summed E-state index contributed by atoms with van der Waals surface area (Å²) in [6.07, 6.45) is 16.6. The molecule has 1 nitrogen and oxygen atoms in total. The summed E-state index contributed by atoms with van der Waals surface area (Å²) in [5.74, 6) is 0. The lowest BCUT2D eigenvalue weighted by atomic mass is 9.73. The van der Waals surface area contributed by atoms with Crippen LogP contribution in [0.25, 0.3) is 0 Å². The zero-order valence-electron chi connectivity index (χ0n) is 13.4. The van der Waals surface area contributed by atoms with Crippen molar-refractivity contribution >= 4 is 28.9 Å². The minimum Gasteiger partial charge on any atom is -0.299 e. The third-order valence-electron chi connectivity index (χ3n) is 3.90. The maximum atomic E-state index is 10.3. The Kier molecular flexibility index (Phi) is 7.36. The van der Waals surface area contributed by atoms with Crippen LogP contribution in [0.2, 0.25) is 0 Å². The second kappa shape index (κ2) is 8.52. The highest BCUT2D eigenvalue weighted by Gasteiger charge is 2.26. The molecule has 1 aliphatic carbocycles. The third kappa shape index (κ3) is 6.16. The largest absolute Gasteiger partial charge is 0.299 e. The first-order valence-electron chi connectivity index (χ1n) is 7.41. The predicted molar refractivity (Wildman–Crippen MR) is 101 cm³/mol. The van der Waals surface area contributed by atoms with Crippen molar-refractivity contribution in [1.29, 1.82) is 0 Å². The van der Waals surface area contributed by atoms with Crippen molar-refractivity contribution in [2.24, 2.45) is 5.41 Å². The van der Waals surface area contributed by atoms with Crippen molar-refractivity contribution < 1.29 is 4.79 Å². The van der Waals surface area contributed by atoms with E-state index in [4.69, 9.17) is 0 Å². The molecule has 0 fully saturated rings. The lowest BCUT2D eigenvalue weighted by Gasteiger charge is -2.32. The topological polar surface area (TPSA) is 17.1 Å². The van der Waals surface area contributed by atoms with E-state index in [9.17, 15) is 4.79 Å². The molecular weight excluding hydrogens is 371 g/mol. The minimum absolute atomic E-state index is 0.287. The molecule has 0 aliphatic heterocycles. The van der Waals surface area contributed by atoms with Gasteiger partial charge in [-0.25, -0.2) is 0 Å². The number of carbonyl (C=O) groups is 1. The van der Waals surface area contributed by atoms with E-state index in [-0.39, 0.29) is 5.41 Å². The third-order valence-corrected chi connectivity index (χ3v) is 4.62. The van der Waals surface area contributed by atoms with Crippen molar-refractivity contribution in [3.05, 3.63) is 56.8 Å². The first kappa shape index (κ1) is 18.1. The molecule has 0 unspecified atom stereocenters. The maximum Gasteiger partial charge on any atom is 0.143 e. The summed E-state index contributed by atoms with van der Waals surface area (Å²) in [5, 5.41) is 0. The molecule has 0 aromatic rings. The summed E-state index contributed by atoms with van der Waals surface area (Å²) >= 11 is 2.34. The van der Waals surface area contributed by atoms with E-state index >= 15 is 0 Å². The van der Waals surface area contributed by atoms with Gasteiger partial charge in [0.15, 0.2) is 0 Å². The van der Waals surface area contributed by atoms with Gasteiger partial charge in [-0.3, -0.25) is 4.79 Å². The molecule has 1 rings (SSSR count). The number of hydrogen-bond acceptors (Lipinski definition) is 1. The Morgan fingerprint density at radius 2 is 1.95 bits per heavy atom. The lowest BCUT2D eigenvalue weighted by molar-refractivity contribution is -0.104. The molecule has 0 atom stereocenters. The Hall–Kier alpha value is -0.900. The van der Waals surface area contributed by atoms with Crippen LogP contribution in [0.1, 0.15) is 47.0 Å². The Morgan fingerprint density at radius 3 is 2.57 bits per heavy atom. The van der Waals surface area contributed by atoms with Gasteiger partial charge in [-0.15, -0.1) is 0 Å². The summed E-state index contributed by atoms with van der Waals surface area (Å²) in [7, 11) is 0. The van der Waals surface area contributed by atoms with Gasteiger partial charge < -0.3 is 0 Å². The van der Waals surface area contributed by atoms with Gasteiger partial charge in [-0.05, 0) is 90.5 Å². The van der Waals surface area contributed by atoms with Crippen molar-refractivity contribution in [3.8, 4) is 0 Å². The molecule has 0 N–H and O–H groups in total. The van der Waals surface area contributed by atoms with Gasteiger partial charge in [0.05, 0.1) is 0 Å². The molecule has 1 aliphatic rings. The Balaban J connectivity index is 2.80.